The van der Waals surface area contributed by atoms with E-state index in [1.54, 1.807) is 0 Å². The summed E-state index contributed by atoms with van der Waals surface area (Å²) in [6.07, 6.45) is 0.825. The summed E-state index contributed by atoms with van der Waals surface area (Å²) < 4.78 is 2.17. The third-order valence-electron chi connectivity index (χ3n) is 5.51. The lowest BCUT2D eigenvalue weighted by Gasteiger charge is -2.21. The van der Waals surface area contributed by atoms with Gasteiger partial charge in [0.2, 0.25) is 0 Å². The molecule has 0 radical (unpaired) electrons. The third-order valence-corrected chi connectivity index (χ3v) is 5.76. The van der Waals surface area contributed by atoms with Crippen LogP contribution in [-0.4, -0.2) is 36.0 Å². The van der Waals surface area contributed by atoms with E-state index in [2.05, 4.69) is 35.7 Å². The quantitative estimate of drug-likeness (QED) is 0.644. The van der Waals surface area contributed by atoms with Gasteiger partial charge in [0.05, 0.1) is 6.04 Å². The van der Waals surface area contributed by atoms with E-state index >= 15 is 0 Å². The van der Waals surface area contributed by atoms with Crippen molar-refractivity contribution in [3.8, 4) is 0 Å². The Labute approximate surface area is 172 Å². The number of amides is 1. The SMILES string of the molecule is Cc1c(C)n(C)c2ccc(C(=O)NC(CCN(C)C)c3ccc(Cl)cc3)cc12. The van der Waals surface area contributed by atoms with Crippen LogP contribution in [0.15, 0.2) is 42.5 Å². The molecule has 0 fully saturated rings. The van der Waals surface area contributed by atoms with E-state index in [9.17, 15) is 4.79 Å². The molecule has 3 rings (SSSR count). The number of rotatable bonds is 6. The largest absolute Gasteiger partial charge is 0.348 e. The summed E-state index contributed by atoms with van der Waals surface area (Å²) in [6, 6.07) is 13.6. The molecule has 0 aliphatic rings. The molecule has 5 heteroatoms. The van der Waals surface area contributed by atoms with Gasteiger partial charge >= 0.3 is 0 Å². The van der Waals surface area contributed by atoms with Gasteiger partial charge in [0, 0.05) is 34.2 Å². The molecule has 2 aromatic carbocycles. The fraction of sp³-hybridized carbons (Fsp3) is 0.348. The number of carbonyl (C=O) groups is 1. The van der Waals surface area contributed by atoms with Crippen LogP contribution < -0.4 is 5.32 Å². The van der Waals surface area contributed by atoms with Crippen LogP contribution in [0.5, 0.6) is 0 Å². The van der Waals surface area contributed by atoms with Crippen LogP contribution in [0, 0.1) is 13.8 Å². The van der Waals surface area contributed by atoms with Crippen LogP contribution in [0.4, 0.5) is 0 Å². The molecule has 28 heavy (non-hydrogen) atoms. The number of halogens is 1. The van der Waals surface area contributed by atoms with E-state index in [-0.39, 0.29) is 11.9 Å². The highest BCUT2D eigenvalue weighted by molar-refractivity contribution is 6.30. The zero-order valence-electron chi connectivity index (χ0n) is 17.2. The second kappa shape index (κ2) is 8.38. The van der Waals surface area contributed by atoms with Crippen molar-refractivity contribution < 1.29 is 4.79 Å². The Bertz CT molecular complexity index is 989. The molecule has 0 aliphatic carbocycles. The highest BCUT2D eigenvalue weighted by Crippen LogP contribution is 2.26. The van der Waals surface area contributed by atoms with Crippen molar-refractivity contribution in [2.75, 3.05) is 20.6 Å². The Morgan fingerprint density at radius 1 is 1.14 bits per heavy atom. The van der Waals surface area contributed by atoms with Crippen LogP contribution in [0.2, 0.25) is 5.02 Å². The van der Waals surface area contributed by atoms with E-state index in [4.69, 9.17) is 11.6 Å². The number of benzene rings is 2. The molecule has 0 aliphatic heterocycles. The second-order valence-corrected chi connectivity index (χ2v) is 8.11. The molecule has 1 heterocycles. The van der Waals surface area contributed by atoms with Gasteiger partial charge in [0.25, 0.3) is 5.91 Å². The fourth-order valence-corrected chi connectivity index (χ4v) is 3.67. The summed E-state index contributed by atoms with van der Waals surface area (Å²) in [7, 11) is 6.13. The smallest absolute Gasteiger partial charge is 0.251 e. The van der Waals surface area contributed by atoms with Crippen LogP contribution >= 0.6 is 11.6 Å². The minimum absolute atomic E-state index is 0.0542. The predicted molar refractivity (Wildman–Crippen MR) is 117 cm³/mol. The van der Waals surface area contributed by atoms with Gasteiger partial charge in [-0.15, -0.1) is 0 Å². The number of fused-ring (bicyclic) bond motifs is 1. The van der Waals surface area contributed by atoms with E-state index in [1.165, 1.54) is 11.3 Å². The zero-order chi connectivity index (χ0) is 20.4. The lowest BCUT2D eigenvalue weighted by molar-refractivity contribution is 0.0933. The molecular weight excluding hydrogens is 370 g/mol. The van der Waals surface area contributed by atoms with E-state index in [0.717, 1.165) is 29.4 Å². The Hall–Kier alpha value is -2.30. The van der Waals surface area contributed by atoms with E-state index in [1.807, 2.05) is 56.6 Å². The van der Waals surface area contributed by atoms with Gasteiger partial charge in [-0.1, -0.05) is 23.7 Å². The molecule has 0 saturated carbocycles. The van der Waals surface area contributed by atoms with Gasteiger partial charge in [-0.2, -0.15) is 0 Å². The van der Waals surface area contributed by atoms with E-state index < -0.39 is 0 Å². The highest BCUT2D eigenvalue weighted by Gasteiger charge is 2.18. The van der Waals surface area contributed by atoms with Gasteiger partial charge in [-0.3, -0.25) is 4.79 Å². The Morgan fingerprint density at radius 2 is 1.82 bits per heavy atom. The molecule has 148 valence electrons. The van der Waals surface area contributed by atoms with Crippen LogP contribution in [0.25, 0.3) is 10.9 Å². The molecule has 4 nitrogen and oxygen atoms in total. The minimum Gasteiger partial charge on any atom is -0.348 e. The van der Waals surface area contributed by atoms with Crippen LogP contribution in [0.1, 0.15) is 39.6 Å². The number of hydrogen-bond donors (Lipinski definition) is 1. The molecule has 3 aromatic rings. The topological polar surface area (TPSA) is 37.3 Å². The maximum atomic E-state index is 13.0. The molecular formula is C23H28ClN3O. The van der Waals surface area contributed by atoms with Crippen LogP contribution in [0.3, 0.4) is 0 Å². The molecule has 1 amide bonds. The lowest BCUT2D eigenvalue weighted by atomic mass is 10.0. The van der Waals surface area contributed by atoms with Gasteiger partial charge in [0.1, 0.15) is 0 Å². The molecule has 1 N–H and O–H groups in total. The van der Waals surface area contributed by atoms with Crippen molar-refractivity contribution in [3.63, 3.8) is 0 Å². The molecule has 0 bridgehead atoms. The van der Waals surface area contributed by atoms with Crippen molar-refractivity contribution in [1.29, 1.82) is 0 Å². The average Bonchev–Trinajstić information content (AvgIpc) is 2.89. The predicted octanol–water partition coefficient (Wildman–Crippen LogP) is 4.87. The lowest BCUT2D eigenvalue weighted by Crippen LogP contribution is -2.31. The first-order chi connectivity index (χ1) is 13.3. The van der Waals surface area contributed by atoms with Crippen molar-refractivity contribution in [1.82, 2.24) is 14.8 Å². The molecule has 1 atom stereocenters. The molecule has 0 spiro atoms. The van der Waals surface area contributed by atoms with Gasteiger partial charge in [0.15, 0.2) is 0 Å². The highest BCUT2D eigenvalue weighted by atomic mass is 35.5. The normalized spacial score (nSPS) is 12.5. The number of carbonyl (C=O) groups excluding carboxylic acids is 1. The maximum absolute atomic E-state index is 13.0. The van der Waals surface area contributed by atoms with Crippen LogP contribution in [-0.2, 0) is 7.05 Å². The first-order valence-electron chi connectivity index (χ1n) is 9.54. The monoisotopic (exact) mass is 397 g/mol. The summed E-state index contributed by atoms with van der Waals surface area (Å²) in [6.45, 7) is 5.09. The summed E-state index contributed by atoms with van der Waals surface area (Å²) in [4.78, 5) is 15.2. The molecule has 1 aromatic heterocycles. The fourth-order valence-electron chi connectivity index (χ4n) is 3.54. The number of aryl methyl sites for hydroxylation is 2. The number of hydrogen-bond acceptors (Lipinski definition) is 2. The summed E-state index contributed by atoms with van der Waals surface area (Å²) in [5.74, 6) is -0.0542. The van der Waals surface area contributed by atoms with Crippen molar-refractivity contribution in [2.24, 2.45) is 7.05 Å². The molecule has 1 unspecified atom stereocenters. The van der Waals surface area contributed by atoms with Gasteiger partial charge in [-0.05, 0) is 82.4 Å². The first kappa shape index (κ1) is 20.4. The van der Waals surface area contributed by atoms with Gasteiger partial charge < -0.3 is 14.8 Å². The Morgan fingerprint density at radius 3 is 2.46 bits per heavy atom. The average molecular weight is 398 g/mol. The maximum Gasteiger partial charge on any atom is 0.251 e. The summed E-state index contributed by atoms with van der Waals surface area (Å²) in [5, 5.41) is 5.04. The minimum atomic E-state index is -0.0681. The standard InChI is InChI=1S/C23H28ClN3O/c1-15-16(2)27(5)22-11-8-18(14-20(15)22)23(28)25-21(12-13-26(3)4)17-6-9-19(24)10-7-17/h6-11,14,21H,12-13H2,1-5H3,(H,25,28). The second-order valence-electron chi connectivity index (χ2n) is 7.67. The van der Waals surface area contributed by atoms with E-state index in [0.29, 0.717) is 10.6 Å². The number of aromatic nitrogens is 1. The number of nitrogens with zero attached hydrogens (tertiary/aromatic N) is 2. The number of nitrogens with one attached hydrogen (secondary N) is 1. The van der Waals surface area contributed by atoms with Crippen molar-refractivity contribution in [2.45, 2.75) is 26.3 Å². The summed E-state index contributed by atoms with van der Waals surface area (Å²) in [5.41, 5.74) is 5.33. The Balaban J connectivity index is 1.87. The summed E-state index contributed by atoms with van der Waals surface area (Å²) >= 11 is 6.03. The van der Waals surface area contributed by atoms with Crippen molar-refractivity contribution in [3.05, 3.63) is 69.9 Å². The Kier molecular flexibility index (Phi) is 6.11. The van der Waals surface area contributed by atoms with Crippen molar-refractivity contribution >= 4 is 28.4 Å². The van der Waals surface area contributed by atoms with Gasteiger partial charge in [-0.25, -0.2) is 0 Å². The first-order valence-corrected chi connectivity index (χ1v) is 9.92. The molecule has 0 saturated heterocycles. The third kappa shape index (κ3) is 4.23. The zero-order valence-corrected chi connectivity index (χ0v) is 18.0.